The van der Waals surface area contributed by atoms with Crippen LogP contribution in [0.15, 0.2) is 194 Å². The molecule has 0 aromatic heterocycles. The fourth-order valence-corrected chi connectivity index (χ4v) is 7.46. The summed E-state index contributed by atoms with van der Waals surface area (Å²) in [6.45, 7) is 0. The van der Waals surface area contributed by atoms with E-state index < -0.39 is 0 Å². The van der Waals surface area contributed by atoms with Crippen LogP contribution in [0, 0.1) is 0 Å². The summed E-state index contributed by atoms with van der Waals surface area (Å²) in [5.74, 6) is 0. The second-order valence-electron chi connectivity index (χ2n) is 12.4. The van der Waals surface area contributed by atoms with Crippen LogP contribution in [0.1, 0.15) is 0 Å². The zero-order valence-electron chi connectivity index (χ0n) is 26.5. The lowest BCUT2D eigenvalue weighted by Crippen LogP contribution is -1.91. The van der Waals surface area contributed by atoms with Crippen molar-refractivity contribution in [2.75, 3.05) is 0 Å². The molecule has 0 N–H and O–H groups in total. The van der Waals surface area contributed by atoms with Gasteiger partial charge in [-0.25, -0.2) is 0 Å². The third-order valence-electron chi connectivity index (χ3n) is 9.70. The van der Waals surface area contributed by atoms with Gasteiger partial charge in [0, 0.05) is 0 Å². The van der Waals surface area contributed by atoms with Crippen molar-refractivity contribution < 1.29 is 0 Å². The Morgan fingerprint density at radius 3 is 1.04 bits per heavy atom. The standard InChI is InChI=1S/C48H32/c1-2-13-33(14-3-1)39-18-6-7-19-41(39)35-25-29-37(30-26-35)47-43-20-8-10-22-45(43)48(46-23-11-9-21-44(46)47)38-31-27-36(28-32-38)42-24-12-16-34-15-4-5-17-40(34)42/h1-32H. The van der Waals surface area contributed by atoms with Crippen molar-refractivity contribution in [1.29, 1.82) is 0 Å². The highest BCUT2D eigenvalue weighted by molar-refractivity contribution is 6.21. The Balaban J connectivity index is 1.18. The summed E-state index contributed by atoms with van der Waals surface area (Å²) in [5.41, 5.74) is 12.4. The largest absolute Gasteiger partial charge is 0.0622 e. The first kappa shape index (κ1) is 28.0. The molecular weight excluding hydrogens is 577 g/mol. The summed E-state index contributed by atoms with van der Waals surface area (Å²) < 4.78 is 0. The summed E-state index contributed by atoms with van der Waals surface area (Å²) in [7, 11) is 0. The van der Waals surface area contributed by atoms with Crippen molar-refractivity contribution in [2.24, 2.45) is 0 Å². The third-order valence-corrected chi connectivity index (χ3v) is 9.70. The maximum atomic E-state index is 2.30. The van der Waals surface area contributed by atoms with E-state index in [2.05, 4.69) is 194 Å². The molecule has 0 heteroatoms. The van der Waals surface area contributed by atoms with E-state index in [1.54, 1.807) is 0 Å². The summed E-state index contributed by atoms with van der Waals surface area (Å²) in [6, 6.07) is 70.6. The lowest BCUT2D eigenvalue weighted by atomic mass is 9.85. The minimum Gasteiger partial charge on any atom is -0.0622 e. The highest BCUT2D eigenvalue weighted by atomic mass is 14.2. The fourth-order valence-electron chi connectivity index (χ4n) is 7.46. The summed E-state index contributed by atoms with van der Waals surface area (Å²) in [5, 5.41) is 7.61. The van der Waals surface area contributed by atoms with Gasteiger partial charge in [-0.3, -0.25) is 0 Å². The second kappa shape index (κ2) is 11.8. The molecule has 0 aliphatic carbocycles. The summed E-state index contributed by atoms with van der Waals surface area (Å²) in [6.07, 6.45) is 0. The zero-order valence-corrected chi connectivity index (χ0v) is 26.5. The minimum atomic E-state index is 1.22. The first-order valence-corrected chi connectivity index (χ1v) is 16.6. The van der Waals surface area contributed by atoms with Crippen molar-refractivity contribution in [2.45, 2.75) is 0 Å². The molecule has 0 bridgehead atoms. The molecule has 0 heterocycles. The van der Waals surface area contributed by atoms with Crippen LogP contribution in [0.3, 0.4) is 0 Å². The quantitative estimate of drug-likeness (QED) is 0.171. The SMILES string of the molecule is c1ccc(-c2ccccc2-c2ccc(-c3c4ccccc4c(-c4ccc(-c5cccc6ccccc56)cc4)c4ccccc34)cc2)cc1. The fraction of sp³-hybridized carbons (Fsp3) is 0. The molecule has 0 amide bonds. The molecule has 0 saturated heterocycles. The molecule has 9 aromatic rings. The zero-order chi connectivity index (χ0) is 31.9. The molecule has 224 valence electrons. The molecule has 0 radical (unpaired) electrons. The number of rotatable bonds is 5. The smallest absolute Gasteiger partial charge is 0.00264 e. The van der Waals surface area contributed by atoms with E-state index in [0.29, 0.717) is 0 Å². The lowest BCUT2D eigenvalue weighted by Gasteiger charge is -2.18. The van der Waals surface area contributed by atoms with Crippen molar-refractivity contribution in [3.8, 4) is 55.6 Å². The second-order valence-corrected chi connectivity index (χ2v) is 12.4. The molecule has 0 aliphatic rings. The van der Waals surface area contributed by atoms with Crippen LogP contribution < -0.4 is 0 Å². The highest BCUT2D eigenvalue weighted by Gasteiger charge is 2.17. The number of hydrogen-bond acceptors (Lipinski definition) is 0. The van der Waals surface area contributed by atoms with Gasteiger partial charge in [-0.05, 0) is 88.0 Å². The van der Waals surface area contributed by atoms with Crippen LogP contribution in [0.5, 0.6) is 0 Å². The first-order chi connectivity index (χ1) is 23.8. The van der Waals surface area contributed by atoms with E-state index >= 15 is 0 Å². The number of fused-ring (bicyclic) bond motifs is 3. The van der Waals surface area contributed by atoms with Gasteiger partial charge >= 0.3 is 0 Å². The number of hydrogen-bond donors (Lipinski definition) is 0. The average Bonchev–Trinajstić information content (AvgIpc) is 3.17. The molecule has 0 saturated carbocycles. The van der Waals surface area contributed by atoms with E-state index in [1.807, 2.05) is 0 Å². The average molecular weight is 609 g/mol. The van der Waals surface area contributed by atoms with Crippen LogP contribution in [-0.2, 0) is 0 Å². The van der Waals surface area contributed by atoms with E-state index in [1.165, 1.54) is 88.0 Å². The van der Waals surface area contributed by atoms with Crippen LogP contribution in [0.25, 0.3) is 88.0 Å². The monoisotopic (exact) mass is 608 g/mol. The normalized spacial score (nSPS) is 11.3. The van der Waals surface area contributed by atoms with Gasteiger partial charge in [0.15, 0.2) is 0 Å². The molecule has 0 nitrogen and oxygen atoms in total. The summed E-state index contributed by atoms with van der Waals surface area (Å²) >= 11 is 0. The molecule has 0 aliphatic heterocycles. The maximum Gasteiger partial charge on any atom is -0.00264 e. The Hall–Kier alpha value is -6.24. The van der Waals surface area contributed by atoms with E-state index in [9.17, 15) is 0 Å². The lowest BCUT2D eigenvalue weighted by molar-refractivity contribution is 1.58. The van der Waals surface area contributed by atoms with Crippen LogP contribution in [0.2, 0.25) is 0 Å². The van der Waals surface area contributed by atoms with Gasteiger partial charge in [0.25, 0.3) is 0 Å². The van der Waals surface area contributed by atoms with Gasteiger partial charge in [0.2, 0.25) is 0 Å². The molecule has 9 aromatic carbocycles. The third kappa shape index (κ3) is 4.78. The predicted molar refractivity (Wildman–Crippen MR) is 206 cm³/mol. The van der Waals surface area contributed by atoms with Gasteiger partial charge < -0.3 is 0 Å². The molecule has 9 rings (SSSR count). The van der Waals surface area contributed by atoms with Crippen molar-refractivity contribution >= 4 is 32.3 Å². The van der Waals surface area contributed by atoms with Crippen LogP contribution >= 0.6 is 0 Å². The van der Waals surface area contributed by atoms with Crippen LogP contribution in [-0.4, -0.2) is 0 Å². The molecular formula is C48H32. The Labute approximate surface area is 281 Å². The highest BCUT2D eigenvalue weighted by Crippen LogP contribution is 2.44. The van der Waals surface area contributed by atoms with Gasteiger partial charge in [-0.15, -0.1) is 0 Å². The molecule has 0 spiro atoms. The van der Waals surface area contributed by atoms with E-state index in [0.717, 1.165) is 0 Å². The molecule has 0 atom stereocenters. The Morgan fingerprint density at radius 1 is 0.188 bits per heavy atom. The Bertz CT molecular complexity index is 2510. The topological polar surface area (TPSA) is 0 Å². The maximum absolute atomic E-state index is 2.30. The van der Waals surface area contributed by atoms with Gasteiger partial charge in [0.1, 0.15) is 0 Å². The number of benzene rings is 9. The van der Waals surface area contributed by atoms with Crippen molar-refractivity contribution in [3.63, 3.8) is 0 Å². The Kier molecular flexibility index (Phi) is 6.91. The predicted octanol–water partition coefficient (Wildman–Crippen LogP) is 13.5. The molecule has 0 fully saturated rings. The van der Waals surface area contributed by atoms with Crippen LogP contribution in [0.4, 0.5) is 0 Å². The minimum absolute atomic E-state index is 1.22. The molecule has 0 unspecified atom stereocenters. The van der Waals surface area contributed by atoms with Gasteiger partial charge in [-0.2, -0.15) is 0 Å². The van der Waals surface area contributed by atoms with Crippen molar-refractivity contribution in [3.05, 3.63) is 194 Å². The van der Waals surface area contributed by atoms with Crippen molar-refractivity contribution in [1.82, 2.24) is 0 Å². The summed E-state index contributed by atoms with van der Waals surface area (Å²) in [4.78, 5) is 0. The first-order valence-electron chi connectivity index (χ1n) is 16.6. The molecule has 48 heavy (non-hydrogen) atoms. The van der Waals surface area contributed by atoms with E-state index in [4.69, 9.17) is 0 Å². The Morgan fingerprint density at radius 2 is 0.521 bits per heavy atom. The van der Waals surface area contributed by atoms with Gasteiger partial charge in [0.05, 0.1) is 0 Å². The van der Waals surface area contributed by atoms with Gasteiger partial charge in [-0.1, -0.05) is 194 Å². The van der Waals surface area contributed by atoms with E-state index in [-0.39, 0.29) is 0 Å².